The van der Waals surface area contributed by atoms with Crippen molar-refractivity contribution in [3.8, 4) is 0 Å². The minimum absolute atomic E-state index is 0.101. The normalized spacial score (nSPS) is 11.1. The number of hydrogen-bond acceptors (Lipinski definition) is 3. The van der Waals surface area contributed by atoms with Crippen molar-refractivity contribution in [3.63, 3.8) is 0 Å². The third-order valence-corrected chi connectivity index (χ3v) is 4.51. The van der Waals surface area contributed by atoms with Crippen LogP contribution in [0.3, 0.4) is 0 Å². The molecule has 0 aliphatic rings. The number of carbonyl (C=O) groups is 1. The topological polar surface area (TPSA) is 66.5 Å². The Morgan fingerprint density at radius 1 is 1.04 bits per heavy atom. The number of sulfone groups is 1. The molecular weight excluding hydrogens is 336 g/mol. The number of rotatable bonds is 7. The predicted octanol–water partition coefficient (Wildman–Crippen LogP) is 3.68. The lowest BCUT2D eigenvalue weighted by molar-refractivity contribution is 0.209. The molecule has 2 amide bonds. The van der Waals surface area contributed by atoms with E-state index in [1.54, 1.807) is 29.2 Å². The number of amides is 2. The first-order valence-electron chi connectivity index (χ1n) is 8.24. The highest BCUT2D eigenvalue weighted by atomic mass is 32.2. The van der Waals surface area contributed by atoms with Crippen LogP contribution in [0, 0.1) is 0 Å². The van der Waals surface area contributed by atoms with Crippen LogP contribution in [0.4, 0.5) is 10.5 Å². The molecule has 0 unspecified atom stereocenters. The van der Waals surface area contributed by atoms with Gasteiger partial charge < -0.3 is 10.2 Å². The van der Waals surface area contributed by atoms with Gasteiger partial charge in [0, 0.05) is 25.0 Å². The molecule has 0 bridgehead atoms. The molecule has 2 aromatic carbocycles. The molecule has 1 N–H and O–H groups in total. The van der Waals surface area contributed by atoms with Gasteiger partial charge in [-0.3, -0.25) is 0 Å². The zero-order valence-corrected chi connectivity index (χ0v) is 15.4. The Morgan fingerprint density at radius 3 is 2.32 bits per heavy atom. The Kier molecular flexibility index (Phi) is 6.58. The number of nitrogens with one attached hydrogen (secondary N) is 1. The number of carbonyl (C=O) groups excluding carboxylic acids is 1. The molecule has 0 saturated carbocycles. The average molecular weight is 360 g/mol. The van der Waals surface area contributed by atoms with Crippen molar-refractivity contribution in [3.05, 3.63) is 65.7 Å². The summed E-state index contributed by atoms with van der Waals surface area (Å²) < 4.78 is 23.2. The molecule has 0 spiro atoms. The fraction of sp³-hybridized carbons (Fsp3) is 0.316. The summed E-state index contributed by atoms with van der Waals surface area (Å²) in [6.07, 6.45) is 2.02. The van der Waals surface area contributed by atoms with Gasteiger partial charge in [-0.1, -0.05) is 55.5 Å². The van der Waals surface area contributed by atoms with E-state index in [-0.39, 0.29) is 11.8 Å². The van der Waals surface area contributed by atoms with Crippen LogP contribution in [-0.2, 0) is 22.1 Å². The monoisotopic (exact) mass is 360 g/mol. The summed E-state index contributed by atoms with van der Waals surface area (Å²) in [4.78, 5) is 14.4. The molecule has 6 heteroatoms. The van der Waals surface area contributed by atoms with E-state index in [1.807, 2.05) is 37.3 Å². The molecule has 0 saturated heterocycles. The highest BCUT2D eigenvalue weighted by molar-refractivity contribution is 7.89. The van der Waals surface area contributed by atoms with Crippen molar-refractivity contribution in [1.29, 1.82) is 0 Å². The molecule has 25 heavy (non-hydrogen) atoms. The molecule has 2 aromatic rings. The number of urea groups is 1. The minimum Gasteiger partial charge on any atom is -0.320 e. The zero-order valence-electron chi connectivity index (χ0n) is 14.6. The van der Waals surface area contributed by atoms with Crippen molar-refractivity contribution in [1.82, 2.24) is 4.90 Å². The Bertz CT molecular complexity index is 804. The second-order valence-electron chi connectivity index (χ2n) is 6.06. The Labute approximate surface area is 149 Å². The van der Waals surface area contributed by atoms with Gasteiger partial charge in [-0.2, -0.15) is 0 Å². The van der Waals surface area contributed by atoms with Crippen molar-refractivity contribution in [2.45, 2.75) is 25.6 Å². The summed E-state index contributed by atoms with van der Waals surface area (Å²) in [5, 5.41) is 2.86. The second kappa shape index (κ2) is 8.67. The maximum Gasteiger partial charge on any atom is 0.322 e. The zero-order chi connectivity index (χ0) is 18.3. The molecule has 0 aliphatic heterocycles. The Hall–Kier alpha value is -2.34. The van der Waals surface area contributed by atoms with Crippen molar-refractivity contribution < 1.29 is 13.2 Å². The van der Waals surface area contributed by atoms with Crippen molar-refractivity contribution in [2.24, 2.45) is 0 Å². The fourth-order valence-electron chi connectivity index (χ4n) is 2.57. The van der Waals surface area contributed by atoms with Gasteiger partial charge in [0.15, 0.2) is 9.84 Å². The van der Waals surface area contributed by atoms with Crippen LogP contribution in [0.1, 0.15) is 24.5 Å². The first-order chi connectivity index (χ1) is 11.9. The third kappa shape index (κ3) is 6.23. The quantitative estimate of drug-likeness (QED) is 0.819. The van der Waals surface area contributed by atoms with E-state index in [2.05, 4.69) is 5.32 Å². The van der Waals surface area contributed by atoms with E-state index in [0.717, 1.165) is 12.0 Å². The lowest BCUT2D eigenvalue weighted by Gasteiger charge is -2.23. The molecule has 0 heterocycles. The number of anilines is 1. The standard InChI is InChI=1S/C19H24N2O3S/c1-3-13-21(14-16-9-5-4-6-10-16)19(22)20-18-12-8-7-11-17(18)15-25(2,23)24/h4-12H,3,13-15H2,1-2H3,(H,20,22). The Morgan fingerprint density at radius 2 is 1.68 bits per heavy atom. The second-order valence-corrected chi connectivity index (χ2v) is 8.20. The lowest BCUT2D eigenvalue weighted by atomic mass is 10.2. The first-order valence-corrected chi connectivity index (χ1v) is 10.3. The molecule has 0 radical (unpaired) electrons. The van der Waals surface area contributed by atoms with Crippen LogP contribution < -0.4 is 5.32 Å². The molecule has 0 atom stereocenters. The molecule has 0 fully saturated rings. The summed E-state index contributed by atoms with van der Waals surface area (Å²) in [5.41, 5.74) is 2.18. The lowest BCUT2D eigenvalue weighted by Crippen LogP contribution is -2.35. The number of hydrogen-bond donors (Lipinski definition) is 1. The third-order valence-electron chi connectivity index (χ3n) is 3.67. The summed E-state index contributed by atoms with van der Waals surface area (Å²) in [6, 6.07) is 16.6. The largest absolute Gasteiger partial charge is 0.322 e. The van der Waals surface area contributed by atoms with E-state index in [0.29, 0.717) is 24.3 Å². The van der Waals surface area contributed by atoms with Crippen LogP contribution in [0.2, 0.25) is 0 Å². The number of benzene rings is 2. The van der Waals surface area contributed by atoms with Crippen LogP contribution in [0.5, 0.6) is 0 Å². The van der Waals surface area contributed by atoms with E-state index in [4.69, 9.17) is 0 Å². The summed E-state index contributed by atoms with van der Waals surface area (Å²) in [7, 11) is -3.18. The SMILES string of the molecule is CCCN(Cc1ccccc1)C(=O)Nc1ccccc1CS(C)(=O)=O. The summed E-state index contributed by atoms with van der Waals surface area (Å²) in [5.74, 6) is -0.101. The van der Waals surface area contributed by atoms with Gasteiger partial charge in [-0.05, 0) is 23.6 Å². The maximum atomic E-state index is 12.7. The smallest absolute Gasteiger partial charge is 0.320 e. The van der Waals surface area contributed by atoms with Crippen LogP contribution >= 0.6 is 0 Å². The van der Waals surface area contributed by atoms with Crippen molar-refractivity contribution >= 4 is 21.6 Å². The predicted molar refractivity (Wildman–Crippen MR) is 101 cm³/mol. The molecular formula is C19H24N2O3S. The Balaban J connectivity index is 2.15. The fourth-order valence-corrected chi connectivity index (χ4v) is 3.39. The highest BCUT2D eigenvalue weighted by Gasteiger charge is 2.16. The average Bonchev–Trinajstić information content (AvgIpc) is 2.56. The maximum absolute atomic E-state index is 12.7. The van der Waals surface area contributed by atoms with Gasteiger partial charge in [0.05, 0.1) is 5.75 Å². The van der Waals surface area contributed by atoms with Gasteiger partial charge in [0.25, 0.3) is 0 Å². The molecule has 5 nitrogen and oxygen atoms in total. The van der Waals surface area contributed by atoms with E-state index >= 15 is 0 Å². The number of nitrogens with zero attached hydrogens (tertiary/aromatic N) is 1. The van der Waals surface area contributed by atoms with Crippen LogP contribution in [0.25, 0.3) is 0 Å². The molecule has 134 valence electrons. The van der Waals surface area contributed by atoms with Gasteiger partial charge in [0.1, 0.15) is 0 Å². The molecule has 2 rings (SSSR count). The van der Waals surface area contributed by atoms with E-state index in [9.17, 15) is 13.2 Å². The number of para-hydroxylation sites is 1. The highest BCUT2D eigenvalue weighted by Crippen LogP contribution is 2.19. The van der Waals surface area contributed by atoms with Gasteiger partial charge in [-0.25, -0.2) is 13.2 Å². The first kappa shape index (κ1) is 19.0. The molecule has 0 aliphatic carbocycles. The van der Waals surface area contributed by atoms with Crippen LogP contribution in [0.15, 0.2) is 54.6 Å². The summed E-state index contributed by atoms with van der Waals surface area (Å²) in [6.45, 7) is 3.15. The van der Waals surface area contributed by atoms with Crippen molar-refractivity contribution in [2.75, 3.05) is 18.1 Å². The van der Waals surface area contributed by atoms with E-state index in [1.165, 1.54) is 6.26 Å². The molecule has 0 aromatic heterocycles. The van der Waals surface area contributed by atoms with E-state index < -0.39 is 9.84 Å². The van der Waals surface area contributed by atoms with Gasteiger partial charge in [-0.15, -0.1) is 0 Å². The van der Waals surface area contributed by atoms with Gasteiger partial charge in [0.2, 0.25) is 0 Å². The minimum atomic E-state index is -3.18. The van der Waals surface area contributed by atoms with Crippen LogP contribution in [-0.4, -0.2) is 32.1 Å². The summed E-state index contributed by atoms with van der Waals surface area (Å²) >= 11 is 0. The van der Waals surface area contributed by atoms with Gasteiger partial charge >= 0.3 is 6.03 Å².